The minimum absolute atomic E-state index is 0.0359. The standard InChI is InChI=1S/C17H15F2N5O6S/c18-12-7-11(8-13(19)15(12)10-1-5-31(28,29)6-2-10)22-9-14(30-17(22)25)16(24(26)27)23-4-3-20-21-23/h1,3-4,7-8,14,16H,2,5-6,9H2/t14-,16?/m1/s1. The third-order valence-corrected chi connectivity index (χ3v) is 6.52. The van der Waals surface area contributed by atoms with Crippen molar-refractivity contribution in [2.75, 3.05) is 23.0 Å². The number of sulfone groups is 1. The molecule has 1 unspecified atom stereocenters. The Balaban J connectivity index is 1.61. The molecule has 2 aromatic rings. The molecule has 2 aliphatic heterocycles. The number of anilines is 1. The van der Waals surface area contributed by atoms with Crippen molar-refractivity contribution in [2.24, 2.45) is 0 Å². The summed E-state index contributed by atoms with van der Waals surface area (Å²) in [4.78, 5) is 23.9. The van der Waals surface area contributed by atoms with E-state index in [9.17, 15) is 32.1 Å². The van der Waals surface area contributed by atoms with Crippen LogP contribution in [0, 0.1) is 21.7 Å². The molecule has 164 valence electrons. The van der Waals surface area contributed by atoms with E-state index in [1.54, 1.807) is 0 Å². The number of carbonyl (C=O) groups is 1. The van der Waals surface area contributed by atoms with Crippen molar-refractivity contribution >= 4 is 27.2 Å². The van der Waals surface area contributed by atoms with Crippen molar-refractivity contribution in [3.63, 3.8) is 0 Å². The van der Waals surface area contributed by atoms with Crippen LogP contribution in [0.25, 0.3) is 5.57 Å². The summed E-state index contributed by atoms with van der Waals surface area (Å²) in [6.45, 7) is -0.344. The zero-order chi connectivity index (χ0) is 22.3. The quantitative estimate of drug-likeness (QED) is 0.489. The van der Waals surface area contributed by atoms with Gasteiger partial charge in [0, 0.05) is 5.56 Å². The molecule has 2 aliphatic rings. The van der Waals surface area contributed by atoms with Gasteiger partial charge in [-0.05, 0) is 24.1 Å². The van der Waals surface area contributed by atoms with Crippen LogP contribution in [0.15, 0.2) is 30.6 Å². The maximum Gasteiger partial charge on any atom is 0.415 e. The Morgan fingerprint density at radius 1 is 1.29 bits per heavy atom. The van der Waals surface area contributed by atoms with Crippen molar-refractivity contribution in [2.45, 2.75) is 18.7 Å². The Hall–Kier alpha value is -3.42. The number of nitro groups is 1. The number of carbonyl (C=O) groups excluding carboxylic acids is 1. The molecule has 1 saturated heterocycles. The average molecular weight is 455 g/mol. The fraction of sp³-hybridized carbons (Fsp3) is 0.353. The molecule has 1 aromatic heterocycles. The first-order chi connectivity index (χ1) is 14.7. The Labute approximate surface area is 174 Å². The van der Waals surface area contributed by atoms with Gasteiger partial charge in [0.25, 0.3) is 0 Å². The number of hydrogen-bond acceptors (Lipinski definition) is 8. The molecular weight excluding hydrogens is 440 g/mol. The SMILES string of the molecule is O=C1O[C@@H](C(n2ccnn2)[N+](=O)[O-])CN1c1cc(F)c(C2=CCS(=O)(=O)CC2)c(F)c1. The van der Waals surface area contributed by atoms with Crippen LogP contribution < -0.4 is 4.90 Å². The van der Waals surface area contributed by atoms with Crippen LogP contribution in [0.1, 0.15) is 18.2 Å². The van der Waals surface area contributed by atoms with Crippen LogP contribution >= 0.6 is 0 Å². The molecule has 0 bridgehead atoms. The van der Waals surface area contributed by atoms with E-state index in [1.165, 1.54) is 18.5 Å². The first kappa shape index (κ1) is 20.8. The summed E-state index contributed by atoms with van der Waals surface area (Å²) in [5.41, 5.74) is -0.331. The van der Waals surface area contributed by atoms with E-state index in [-0.39, 0.29) is 41.3 Å². The second kappa shape index (κ2) is 7.68. The molecule has 1 aromatic carbocycles. The molecule has 1 fully saturated rings. The highest BCUT2D eigenvalue weighted by Crippen LogP contribution is 2.33. The molecule has 14 heteroatoms. The van der Waals surface area contributed by atoms with Gasteiger partial charge < -0.3 is 4.74 Å². The summed E-state index contributed by atoms with van der Waals surface area (Å²) < 4.78 is 58.5. The van der Waals surface area contributed by atoms with Crippen LogP contribution in [-0.2, 0) is 14.6 Å². The monoisotopic (exact) mass is 455 g/mol. The number of halogens is 2. The van der Waals surface area contributed by atoms with E-state index in [1.807, 2.05) is 0 Å². The molecule has 3 heterocycles. The minimum Gasteiger partial charge on any atom is -0.434 e. The van der Waals surface area contributed by atoms with Gasteiger partial charge >= 0.3 is 12.3 Å². The van der Waals surface area contributed by atoms with Gasteiger partial charge in [0.05, 0.1) is 41.1 Å². The molecule has 0 aliphatic carbocycles. The van der Waals surface area contributed by atoms with Crippen LogP contribution in [0.4, 0.5) is 19.3 Å². The summed E-state index contributed by atoms with van der Waals surface area (Å²) >= 11 is 0. The third-order valence-electron chi connectivity index (χ3n) is 5.02. The normalized spacial score (nSPS) is 21.5. The smallest absolute Gasteiger partial charge is 0.415 e. The second-order valence-corrected chi connectivity index (χ2v) is 9.22. The number of hydrogen-bond donors (Lipinski definition) is 0. The van der Waals surface area contributed by atoms with E-state index >= 15 is 0 Å². The number of ether oxygens (including phenoxy) is 1. The van der Waals surface area contributed by atoms with Gasteiger partial charge in [0.1, 0.15) is 11.6 Å². The molecule has 11 nitrogen and oxygen atoms in total. The summed E-state index contributed by atoms with van der Waals surface area (Å²) in [6.07, 6.45) is -0.172. The van der Waals surface area contributed by atoms with Gasteiger partial charge in [-0.3, -0.25) is 15.0 Å². The molecular formula is C17H15F2N5O6S. The Morgan fingerprint density at radius 3 is 2.55 bits per heavy atom. The van der Waals surface area contributed by atoms with Crippen LogP contribution in [0.2, 0.25) is 0 Å². The van der Waals surface area contributed by atoms with E-state index in [2.05, 4.69) is 10.3 Å². The lowest BCUT2D eigenvalue weighted by Crippen LogP contribution is -2.34. The Morgan fingerprint density at radius 2 is 2.00 bits per heavy atom. The molecule has 31 heavy (non-hydrogen) atoms. The first-order valence-corrected chi connectivity index (χ1v) is 10.8. The van der Waals surface area contributed by atoms with Crippen molar-refractivity contribution < 1.29 is 31.7 Å². The lowest BCUT2D eigenvalue weighted by Gasteiger charge is -2.18. The molecule has 4 rings (SSSR count). The summed E-state index contributed by atoms with van der Waals surface area (Å²) in [5, 5.41) is 18.5. The summed E-state index contributed by atoms with van der Waals surface area (Å²) in [7, 11) is -3.28. The number of cyclic esters (lactones) is 1. The first-order valence-electron chi connectivity index (χ1n) is 9.02. The highest BCUT2D eigenvalue weighted by Gasteiger charge is 2.45. The molecule has 1 amide bonds. The van der Waals surface area contributed by atoms with E-state index in [0.717, 1.165) is 21.7 Å². The fourth-order valence-electron chi connectivity index (χ4n) is 3.54. The van der Waals surface area contributed by atoms with Gasteiger partial charge in [-0.1, -0.05) is 11.3 Å². The maximum atomic E-state index is 14.7. The molecule has 2 atom stereocenters. The molecule has 0 spiro atoms. The van der Waals surface area contributed by atoms with Gasteiger partial charge in [0.15, 0.2) is 9.84 Å². The predicted molar refractivity (Wildman–Crippen MR) is 101 cm³/mol. The van der Waals surface area contributed by atoms with Crippen LogP contribution in [0.3, 0.4) is 0 Å². The zero-order valence-corrected chi connectivity index (χ0v) is 16.5. The average Bonchev–Trinajstić information content (AvgIpc) is 3.32. The Kier molecular flexibility index (Phi) is 5.16. The predicted octanol–water partition coefficient (Wildman–Crippen LogP) is 1.56. The lowest BCUT2D eigenvalue weighted by atomic mass is 10.0. The van der Waals surface area contributed by atoms with Crippen molar-refractivity contribution in [3.8, 4) is 0 Å². The summed E-state index contributed by atoms with van der Waals surface area (Å²) in [5.74, 6) is -2.50. The minimum atomic E-state index is -3.28. The van der Waals surface area contributed by atoms with E-state index < -0.39 is 44.8 Å². The zero-order valence-electron chi connectivity index (χ0n) is 15.7. The number of rotatable bonds is 5. The lowest BCUT2D eigenvalue weighted by molar-refractivity contribution is -0.560. The van der Waals surface area contributed by atoms with Crippen LogP contribution in [0.5, 0.6) is 0 Å². The number of amides is 1. The van der Waals surface area contributed by atoms with Crippen molar-refractivity contribution in [1.82, 2.24) is 15.0 Å². The maximum absolute atomic E-state index is 14.7. The highest BCUT2D eigenvalue weighted by molar-refractivity contribution is 7.91. The Bertz CT molecular complexity index is 1160. The molecule has 0 saturated carbocycles. The summed E-state index contributed by atoms with van der Waals surface area (Å²) in [6, 6.07) is 1.81. The largest absolute Gasteiger partial charge is 0.434 e. The highest BCUT2D eigenvalue weighted by atomic mass is 32.2. The van der Waals surface area contributed by atoms with Crippen molar-refractivity contribution in [3.05, 3.63) is 57.9 Å². The molecule has 0 radical (unpaired) electrons. The van der Waals surface area contributed by atoms with Gasteiger partial charge in [0.2, 0.25) is 6.10 Å². The van der Waals surface area contributed by atoms with Gasteiger partial charge in [-0.15, -0.1) is 5.10 Å². The number of benzene rings is 1. The number of allylic oxidation sites excluding steroid dienone is 1. The second-order valence-electron chi connectivity index (χ2n) is 6.99. The third kappa shape index (κ3) is 3.97. The number of aromatic nitrogens is 3. The van der Waals surface area contributed by atoms with Gasteiger partial charge in [-0.2, -0.15) is 4.68 Å². The van der Waals surface area contributed by atoms with Crippen LogP contribution in [-0.4, -0.2) is 58.6 Å². The topological polar surface area (TPSA) is 138 Å². The van der Waals surface area contributed by atoms with E-state index in [4.69, 9.17) is 4.74 Å². The molecule has 0 N–H and O–H groups in total. The fourth-order valence-corrected chi connectivity index (χ4v) is 4.69. The van der Waals surface area contributed by atoms with E-state index in [0.29, 0.717) is 0 Å². The van der Waals surface area contributed by atoms with Gasteiger partial charge in [-0.25, -0.2) is 22.0 Å². The van der Waals surface area contributed by atoms with Crippen molar-refractivity contribution in [1.29, 1.82) is 0 Å². The number of nitrogens with zero attached hydrogens (tertiary/aromatic N) is 5.